The second-order valence-corrected chi connectivity index (χ2v) is 18.1. The molecule has 330 valence electrons. The Balaban J connectivity index is 0.000000296. The van der Waals surface area contributed by atoms with Crippen molar-refractivity contribution in [2.24, 2.45) is 12.0 Å². The van der Waals surface area contributed by atoms with E-state index in [9.17, 15) is 19.2 Å². The standard InChI is InChI=1S/C27H29N5O5.C19H29N3OS2/c1-31-15-25(29-26(31)17-34)30-27(35)9-6-10-37-24-13-21(19(16-33)12-23(24)36-3)28-14-20-11-18-7-4-5-8-22(18)32(20)2;1-7-15(16-8-10-17(20-4)11-9-16)12-22(5)13-18(23)21-14-19(2,3)25-24-6/h4-5,7-8,12-17,20H,6,9-11H2,1-3H3,(H,30,35);7-12,20H,1,13-14H2,2-6H3,(H,21,23)/b;15-12+. The summed E-state index contributed by atoms with van der Waals surface area (Å²) in [6, 6.07) is 19.7. The second-order valence-electron chi connectivity index (χ2n) is 15.0. The molecular formula is C46H58N8O6S2. The number of anilines is 3. The van der Waals surface area contributed by atoms with Gasteiger partial charge in [0, 0.05) is 87.5 Å². The number of aliphatic imine (C=N–C) groups is 1. The number of ether oxygens (including phenoxy) is 2. The van der Waals surface area contributed by atoms with Crippen LogP contribution in [-0.4, -0.2) is 110 Å². The fourth-order valence-corrected chi connectivity index (χ4v) is 8.52. The lowest BCUT2D eigenvalue weighted by Crippen LogP contribution is -2.40. The number of para-hydroxylation sites is 1. The van der Waals surface area contributed by atoms with Gasteiger partial charge < -0.3 is 39.8 Å². The lowest BCUT2D eigenvalue weighted by Gasteiger charge is -2.23. The SMILES string of the molecule is C=C/C(=C\N(C)CC(=O)NCC(C)(C)SSC)c1ccc(NC)cc1.COc1cc(C=O)c(N=CC2Cc3ccccc3N2C)cc1OCCCC(=O)Nc1cn(C)c(C=O)n1. The highest BCUT2D eigenvalue weighted by Gasteiger charge is 2.25. The van der Waals surface area contributed by atoms with Crippen LogP contribution in [0.15, 0.2) is 90.7 Å². The predicted octanol–water partition coefficient (Wildman–Crippen LogP) is 7.71. The number of aryl methyl sites for hydroxylation is 1. The average Bonchev–Trinajstić information content (AvgIpc) is 3.79. The van der Waals surface area contributed by atoms with Crippen LogP contribution in [0.3, 0.4) is 0 Å². The molecule has 16 heteroatoms. The van der Waals surface area contributed by atoms with Crippen molar-refractivity contribution >= 4 is 80.6 Å². The number of amides is 2. The monoisotopic (exact) mass is 882 g/mol. The van der Waals surface area contributed by atoms with Gasteiger partial charge in [0.05, 0.1) is 32.0 Å². The number of likely N-dealkylation sites (N-methyl/N-ethyl adjacent to an activating group) is 2. The number of hydrogen-bond donors (Lipinski definition) is 3. The Morgan fingerprint density at radius 1 is 1.06 bits per heavy atom. The number of carbonyl (C=O) groups is 4. The van der Waals surface area contributed by atoms with Crippen LogP contribution >= 0.6 is 21.6 Å². The Morgan fingerprint density at radius 2 is 1.81 bits per heavy atom. The molecule has 0 radical (unpaired) electrons. The first-order chi connectivity index (χ1) is 29.7. The van der Waals surface area contributed by atoms with Gasteiger partial charge in [-0.05, 0) is 73.9 Å². The first-order valence-electron chi connectivity index (χ1n) is 20.0. The van der Waals surface area contributed by atoms with E-state index >= 15 is 0 Å². The van der Waals surface area contributed by atoms with Crippen LogP contribution in [-0.2, 0) is 23.1 Å². The minimum atomic E-state index is -0.241. The van der Waals surface area contributed by atoms with Crippen LogP contribution in [0.1, 0.15) is 58.8 Å². The zero-order chi connectivity index (χ0) is 45.2. The van der Waals surface area contributed by atoms with Gasteiger partial charge >= 0.3 is 0 Å². The maximum Gasteiger partial charge on any atom is 0.239 e. The van der Waals surface area contributed by atoms with Gasteiger partial charge in [-0.3, -0.25) is 24.2 Å². The van der Waals surface area contributed by atoms with Crippen molar-refractivity contribution < 1.29 is 28.7 Å². The van der Waals surface area contributed by atoms with Crippen LogP contribution in [0.5, 0.6) is 11.5 Å². The van der Waals surface area contributed by atoms with Crippen molar-refractivity contribution in [1.82, 2.24) is 19.8 Å². The molecular weight excluding hydrogens is 825 g/mol. The second kappa shape index (κ2) is 23.9. The molecule has 2 amide bonds. The molecule has 0 aliphatic carbocycles. The maximum atomic E-state index is 12.2. The van der Waals surface area contributed by atoms with E-state index in [1.165, 1.54) is 22.9 Å². The number of carbonyl (C=O) groups excluding carboxylic acids is 4. The molecule has 0 saturated carbocycles. The normalized spacial score (nSPS) is 13.4. The molecule has 0 saturated heterocycles. The number of aromatic nitrogens is 2. The fourth-order valence-electron chi connectivity index (χ4n) is 6.41. The van der Waals surface area contributed by atoms with Crippen molar-refractivity contribution in [1.29, 1.82) is 0 Å². The number of benzene rings is 3. The number of methoxy groups -OCH3 is 1. The summed E-state index contributed by atoms with van der Waals surface area (Å²) in [5, 5.41) is 8.77. The summed E-state index contributed by atoms with van der Waals surface area (Å²) < 4.78 is 12.8. The molecule has 1 aliphatic rings. The lowest BCUT2D eigenvalue weighted by atomic mass is 10.1. The Labute approximate surface area is 373 Å². The molecule has 3 aromatic carbocycles. The summed E-state index contributed by atoms with van der Waals surface area (Å²) in [7, 11) is 12.5. The molecule has 1 atom stereocenters. The lowest BCUT2D eigenvalue weighted by molar-refractivity contribution is -0.121. The van der Waals surface area contributed by atoms with E-state index < -0.39 is 0 Å². The summed E-state index contributed by atoms with van der Waals surface area (Å²) in [6.45, 7) is 9.35. The summed E-state index contributed by atoms with van der Waals surface area (Å²) in [5.74, 6) is 1.17. The van der Waals surface area contributed by atoms with E-state index in [1.54, 1.807) is 53.0 Å². The van der Waals surface area contributed by atoms with Gasteiger partial charge in [-0.25, -0.2) is 4.98 Å². The quantitative estimate of drug-likeness (QED) is 0.0247. The van der Waals surface area contributed by atoms with Gasteiger partial charge in [0.1, 0.15) is 0 Å². The number of aldehydes is 2. The van der Waals surface area contributed by atoms with Crippen molar-refractivity contribution in [3.63, 3.8) is 0 Å². The molecule has 4 aromatic rings. The molecule has 1 aromatic heterocycles. The molecule has 62 heavy (non-hydrogen) atoms. The fraction of sp³-hybridized carbons (Fsp3) is 0.348. The smallest absolute Gasteiger partial charge is 0.239 e. The largest absolute Gasteiger partial charge is 0.493 e. The summed E-state index contributed by atoms with van der Waals surface area (Å²) in [4.78, 5) is 59.7. The summed E-state index contributed by atoms with van der Waals surface area (Å²) >= 11 is 0. The molecule has 1 unspecified atom stereocenters. The van der Waals surface area contributed by atoms with Crippen LogP contribution in [0.4, 0.5) is 22.9 Å². The van der Waals surface area contributed by atoms with Crippen LogP contribution in [0.2, 0.25) is 0 Å². The predicted molar refractivity (Wildman–Crippen MR) is 256 cm³/mol. The zero-order valence-corrected chi connectivity index (χ0v) is 38.4. The van der Waals surface area contributed by atoms with Crippen molar-refractivity contribution in [3.8, 4) is 11.5 Å². The van der Waals surface area contributed by atoms with Gasteiger partial charge in [0.2, 0.25) is 11.8 Å². The van der Waals surface area contributed by atoms with E-state index in [-0.39, 0.29) is 41.5 Å². The van der Waals surface area contributed by atoms with E-state index in [1.807, 2.05) is 81.1 Å². The molecule has 5 rings (SSSR count). The van der Waals surface area contributed by atoms with E-state index in [0.717, 1.165) is 29.5 Å². The van der Waals surface area contributed by atoms with Gasteiger partial charge in [-0.1, -0.05) is 64.6 Å². The highest BCUT2D eigenvalue weighted by Crippen LogP contribution is 2.36. The molecule has 0 fully saturated rings. The van der Waals surface area contributed by atoms with Crippen LogP contribution in [0, 0.1) is 0 Å². The Hall–Kier alpha value is -6.00. The highest BCUT2D eigenvalue weighted by molar-refractivity contribution is 8.77. The average molecular weight is 883 g/mol. The van der Waals surface area contributed by atoms with E-state index in [2.05, 4.69) is 63.4 Å². The van der Waals surface area contributed by atoms with Crippen molar-refractivity contribution in [2.75, 3.05) is 69.7 Å². The third-order valence-corrected chi connectivity index (χ3v) is 12.3. The number of allylic oxidation sites excluding steroid dienone is 2. The van der Waals surface area contributed by atoms with Gasteiger partial charge in [-0.15, -0.1) is 0 Å². The summed E-state index contributed by atoms with van der Waals surface area (Å²) in [6.07, 6.45) is 12.0. The zero-order valence-electron chi connectivity index (χ0n) is 36.8. The Morgan fingerprint density at radius 3 is 2.44 bits per heavy atom. The van der Waals surface area contributed by atoms with Gasteiger partial charge in [-0.2, -0.15) is 0 Å². The number of rotatable bonds is 21. The molecule has 14 nitrogen and oxygen atoms in total. The number of nitrogens with one attached hydrogen (secondary N) is 3. The summed E-state index contributed by atoms with van der Waals surface area (Å²) in [5.41, 5.74) is 6.41. The third kappa shape index (κ3) is 14.3. The van der Waals surface area contributed by atoms with E-state index in [0.29, 0.717) is 54.4 Å². The first kappa shape index (κ1) is 48.7. The maximum absolute atomic E-state index is 12.2. The first-order valence-corrected chi connectivity index (χ1v) is 22.5. The number of imidazole rings is 1. The number of fused-ring (bicyclic) bond motifs is 1. The minimum absolute atomic E-state index is 0.0162. The molecule has 0 spiro atoms. The number of nitrogens with zero attached hydrogens (tertiary/aromatic N) is 5. The molecule has 1 aliphatic heterocycles. The van der Waals surface area contributed by atoms with Gasteiger partial charge in [0.15, 0.2) is 35.7 Å². The Kier molecular flexibility index (Phi) is 18.7. The Bertz CT molecular complexity index is 2220. The van der Waals surface area contributed by atoms with Gasteiger partial charge in [0.25, 0.3) is 0 Å². The van der Waals surface area contributed by atoms with Crippen molar-refractivity contribution in [3.05, 3.63) is 108 Å². The van der Waals surface area contributed by atoms with Crippen molar-refractivity contribution in [2.45, 2.75) is 43.9 Å². The topological polar surface area (TPSA) is 159 Å². The molecule has 2 heterocycles. The highest BCUT2D eigenvalue weighted by atomic mass is 33.1. The van der Waals surface area contributed by atoms with Crippen LogP contribution < -0.4 is 30.3 Å². The van der Waals surface area contributed by atoms with Crippen LogP contribution in [0.25, 0.3) is 5.57 Å². The molecule has 3 N–H and O–H groups in total. The third-order valence-electron chi connectivity index (χ3n) is 9.71. The number of hydrogen-bond acceptors (Lipinski definition) is 13. The van der Waals surface area contributed by atoms with E-state index in [4.69, 9.17) is 9.47 Å². The minimum Gasteiger partial charge on any atom is -0.493 e. The molecule has 0 bridgehead atoms.